The van der Waals surface area contributed by atoms with Gasteiger partial charge in [0.1, 0.15) is 0 Å². The Kier molecular flexibility index (Phi) is 7.10. The van der Waals surface area contributed by atoms with Crippen LogP contribution in [-0.4, -0.2) is 29.8 Å². The van der Waals surface area contributed by atoms with Crippen molar-refractivity contribution in [2.45, 2.75) is 60.4 Å². The molecule has 0 saturated heterocycles. The van der Waals surface area contributed by atoms with Gasteiger partial charge in [0.05, 0.1) is 6.54 Å². The largest absolute Gasteiger partial charge is 0.293 e. The number of aryl methyl sites for hydroxylation is 2. The molecule has 0 aliphatic rings. The van der Waals surface area contributed by atoms with Gasteiger partial charge in [-0.3, -0.25) is 9.69 Å². The van der Waals surface area contributed by atoms with Gasteiger partial charge in [0.25, 0.3) is 0 Å². The number of nitrogens with zero attached hydrogens (tertiary/aromatic N) is 1. The van der Waals surface area contributed by atoms with Crippen molar-refractivity contribution < 1.29 is 4.79 Å². The first-order valence-electron chi connectivity index (χ1n) is 8.23. The van der Waals surface area contributed by atoms with Crippen LogP contribution in [0.2, 0.25) is 0 Å². The summed E-state index contributed by atoms with van der Waals surface area (Å²) in [6.45, 7) is 14.5. The molecule has 0 heterocycles. The molecule has 2 nitrogen and oxygen atoms in total. The van der Waals surface area contributed by atoms with Crippen LogP contribution >= 0.6 is 0 Å². The smallest absolute Gasteiger partial charge is 0.176 e. The molecule has 0 aliphatic carbocycles. The maximum Gasteiger partial charge on any atom is 0.176 e. The van der Waals surface area contributed by atoms with Crippen molar-refractivity contribution in [2.24, 2.45) is 5.92 Å². The van der Waals surface area contributed by atoms with Crippen LogP contribution in [0.25, 0.3) is 0 Å². The Morgan fingerprint density at radius 2 is 1.71 bits per heavy atom. The monoisotopic (exact) mass is 289 g/mol. The van der Waals surface area contributed by atoms with E-state index in [2.05, 4.69) is 46.4 Å². The van der Waals surface area contributed by atoms with Crippen LogP contribution in [0.15, 0.2) is 18.2 Å². The van der Waals surface area contributed by atoms with Gasteiger partial charge in [-0.15, -0.1) is 0 Å². The number of carbonyl (C=O) groups is 1. The molecule has 21 heavy (non-hydrogen) atoms. The molecule has 1 aromatic carbocycles. The minimum absolute atomic E-state index is 0.241. The van der Waals surface area contributed by atoms with Gasteiger partial charge in [-0.25, -0.2) is 0 Å². The summed E-state index contributed by atoms with van der Waals surface area (Å²) in [6.07, 6.45) is 2.20. The topological polar surface area (TPSA) is 20.3 Å². The highest BCUT2D eigenvalue weighted by Crippen LogP contribution is 2.15. The van der Waals surface area contributed by atoms with E-state index < -0.39 is 0 Å². The molecule has 0 fully saturated rings. The van der Waals surface area contributed by atoms with E-state index in [0.29, 0.717) is 18.5 Å². The van der Waals surface area contributed by atoms with Crippen LogP contribution in [-0.2, 0) is 0 Å². The van der Waals surface area contributed by atoms with Crippen LogP contribution in [0.4, 0.5) is 0 Å². The second-order valence-corrected chi connectivity index (χ2v) is 6.52. The van der Waals surface area contributed by atoms with Gasteiger partial charge in [-0.2, -0.15) is 0 Å². The summed E-state index contributed by atoms with van der Waals surface area (Å²) < 4.78 is 0. The molecule has 0 amide bonds. The van der Waals surface area contributed by atoms with Gasteiger partial charge < -0.3 is 0 Å². The van der Waals surface area contributed by atoms with Crippen molar-refractivity contribution in [1.82, 2.24) is 4.90 Å². The molecule has 0 radical (unpaired) electrons. The van der Waals surface area contributed by atoms with Crippen LogP contribution < -0.4 is 0 Å². The predicted molar refractivity (Wildman–Crippen MR) is 91.0 cm³/mol. The van der Waals surface area contributed by atoms with Crippen molar-refractivity contribution in [1.29, 1.82) is 0 Å². The van der Waals surface area contributed by atoms with E-state index in [1.807, 2.05) is 18.2 Å². The molecule has 0 saturated carbocycles. The number of benzene rings is 1. The summed E-state index contributed by atoms with van der Waals surface area (Å²) >= 11 is 0. The van der Waals surface area contributed by atoms with Gasteiger partial charge in [0.2, 0.25) is 0 Å². The summed E-state index contributed by atoms with van der Waals surface area (Å²) in [6, 6.07) is 6.54. The fourth-order valence-corrected chi connectivity index (χ4v) is 2.81. The third-order valence-corrected chi connectivity index (χ3v) is 4.23. The van der Waals surface area contributed by atoms with E-state index in [0.717, 1.165) is 24.9 Å². The lowest BCUT2D eigenvalue weighted by Crippen LogP contribution is -2.40. The maximum absolute atomic E-state index is 12.6. The molecular formula is C19H31NO. The quantitative estimate of drug-likeness (QED) is 0.650. The molecule has 0 bridgehead atoms. The fraction of sp³-hybridized carbons (Fsp3) is 0.632. The van der Waals surface area contributed by atoms with E-state index in [9.17, 15) is 4.79 Å². The van der Waals surface area contributed by atoms with E-state index in [1.165, 1.54) is 11.1 Å². The molecule has 1 rings (SSSR count). The first-order chi connectivity index (χ1) is 9.88. The lowest BCUT2D eigenvalue weighted by molar-refractivity contribution is 0.0866. The highest BCUT2D eigenvalue weighted by atomic mass is 16.1. The van der Waals surface area contributed by atoms with E-state index in [-0.39, 0.29) is 5.78 Å². The minimum Gasteiger partial charge on any atom is -0.293 e. The first kappa shape index (κ1) is 17.9. The van der Waals surface area contributed by atoms with Crippen molar-refractivity contribution in [2.75, 3.05) is 13.1 Å². The summed E-state index contributed by atoms with van der Waals surface area (Å²) in [5.41, 5.74) is 3.28. The van der Waals surface area contributed by atoms with Crippen molar-refractivity contribution >= 4 is 5.78 Å². The van der Waals surface area contributed by atoms with Gasteiger partial charge in [0.15, 0.2) is 5.78 Å². The van der Waals surface area contributed by atoms with Crippen molar-refractivity contribution in [3.63, 3.8) is 0 Å². The second kappa shape index (κ2) is 8.33. The Morgan fingerprint density at radius 1 is 1.10 bits per heavy atom. The Morgan fingerprint density at radius 3 is 2.19 bits per heavy atom. The number of carbonyl (C=O) groups excluding carboxylic acids is 1. The van der Waals surface area contributed by atoms with E-state index in [1.54, 1.807) is 0 Å². The van der Waals surface area contributed by atoms with Crippen LogP contribution in [0.3, 0.4) is 0 Å². The molecule has 0 spiro atoms. The number of rotatable bonds is 8. The molecule has 0 unspecified atom stereocenters. The van der Waals surface area contributed by atoms with Crippen molar-refractivity contribution in [3.8, 4) is 0 Å². The summed E-state index contributed by atoms with van der Waals surface area (Å²) in [5, 5.41) is 0. The molecule has 2 heteroatoms. The fourth-order valence-electron chi connectivity index (χ4n) is 2.81. The van der Waals surface area contributed by atoms with Crippen molar-refractivity contribution in [3.05, 3.63) is 34.9 Å². The Labute approximate surface area is 130 Å². The second-order valence-electron chi connectivity index (χ2n) is 6.52. The average molecular weight is 289 g/mol. The zero-order valence-electron chi connectivity index (χ0n) is 14.6. The molecule has 0 atom stereocenters. The highest BCUT2D eigenvalue weighted by molar-refractivity contribution is 5.97. The highest BCUT2D eigenvalue weighted by Gasteiger charge is 2.20. The summed E-state index contributed by atoms with van der Waals surface area (Å²) in [4.78, 5) is 15.0. The van der Waals surface area contributed by atoms with E-state index in [4.69, 9.17) is 0 Å². The normalized spacial score (nSPS) is 11.7. The van der Waals surface area contributed by atoms with Gasteiger partial charge in [-0.05, 0) is 49.8 Å². The van der Waals surface area contributed by atoms with Crippen LogP contribution in [0, 0.1) is 19.8 Å². The van der Waals surface area contributed by atoms with Gasteiger partial charge >= 0.3 is 0 Å². The molecule has 1 aromatic rings. The summed E-state index contributed by atoms with van der Waals surface area (Å²) in [7, 11) is 0. The molecule has 118 valence electrons. The third-order valence-electron chi connectivity index (χ3n) is 4.23. The third kappa shape index (κ3) is 5.28. The average Bonchev–Trinajstić information content (AvgIpc) is 2.42. The molecule has 0 aromatic heterocycles. The number of hydrogen-bond acceptors (Lipinski definition) is 2. The molecule has 0 aliphatic heterocycles. The predicted octanol–water partition coefficient (Wildman–Crippen LogP) is 4.63. The lowest BCUT2D eigenvalue weighted by atomic mass is 10.0. The Hall–Kier alpha value is -1.15. The maximum atomic E-state index is 12.6. The zero-order valence-corrected chi connectivity index (χ0v) is 14.6. The number of ketones is 1. The lowest BCUT2D eigenvalue weighted by Gasteiger charge is -2.31. The first-order valence-corrected chi connectivity index (χ1v) is 8.23. The Bertz CT molecular complexity index is 461. The summed E-state index contributed by atoms with van der Waals surface area (Å²) in [5.74, 6) is 0.823. The molecule has 0 N–H and O–H groups in total. The zero-order chi connectivity index (χ0) is 16.0. The standard InChI is InChI=1S/C19H31NO/c1-7-18(8-2)20(12-14(3)4)13-19(21)17-10-9-15(5)16(6)11-17/h9-11,14,18H,7-8,12-13H2,1-6H3. The SMILES string of the molecule is CCC(CC)N(CC(=O)c1ccc(C)c(C)c1)CC(C)C. The number of hydrogen-bond donors (Lipinski definition) is 0. The van der Waals surface area contributed by atoms with Gasteiger partial charge in [0, 0.05) is 18.2 Å². The van der Waals surface area contributed by atoms with Crippen LogP contribution in [0.1, 0.15) is 62.0 Å². The van der Waals surface area contributed by atoms with Crippen LogP contribution in [0.5, 0.6) is 0 Å². The van der Waals surface area contributed by atoms with E-state index >= 15 is 0 Å². The molecular weight excluding hydrogens is 258 g/mol. The van der Waals surface area contributed by atoms with Gasteiger partial charge in [-0.1, -0.05) is 39.8 Å². The minimum atomic E-state index is 0.241. The number of Topliss-reactive ketones (excluding diaryl/α,β-unsaturated/α-hetero) is 1. The Balaban J connectivity index is 2.86.